The minimum atomic E-state index is -0.233. The average Bonchev–Trinajstić information content (AvgIpc) is 2.77. The summed E-state index contributed by atoms with van der Waals surface area (Å²) in [5.41, 5.74) is 1.01. The summed E-state index contributed by atoms with van der Waals surface area (Å²) in [6.45, 7) is 0. The van der Waals surface area contributed by atoms with E-state index in [0.29, 0.717) is 31.0 Å². The summed E-state index contributed by atoms with van der Waals surface area (Å²) in [6, 6.07) is 7.89. The summed E-state index contributed by atoms with van der Waals surface area (Å²) in [7, 11) is 0. The van der Waals surface area contributed by atoms with Crippen LogP contribution in [0.25, 0.3) is 0 Å². The summed E-state index contributed by atoms with van der Waals surface area (Å²) in [6.07, 6.45) is 5.74. The third-order valence-corrected chi connectivity index (χ3v) is 4.39. The van der Waals surface area contributed by atoms with Gasteiger partial charge in [0, 0.05) is 24.5 Å². The maximum absolute atomic E-state index is 12.8. The number of carbonyl (C=O) groups excluding carboxylic acids is 1. The highest BCUT2D eigenvalue weighted by Crippen LogP contribution is 2.26. The zero-order valence-electron chi connectivity index (χ0n) is 12.0. The molecule has 3 nitrogen and oxygen atoms in total. The Morgan fingerprint density at radius 2 is 1.81 bits per heavy atom. The van der Waals surface area contributed by atoms with Crippen molar-refractivity contribution in [2.45, 2.75) is 56.7 Å². The van der Waals surface area contributed by atoms with Gasteiger partial charge in [-0.2, -0.15) is 0 Å². The normalized spacial score (nSPS) is 27.0. The second kappa shape index (κ2) is 7.23. The van der Waals surface area contributed by atoms with E-state index in [1.54, 1.807) is 12.1 Å². The molecule has 3 rings (SSSR count). The number of hydrogen-bond acceptors (Lipinski definition) is 2. The average molecular weight is 313 g/mol. The van der Waals surface area contributed by atoms with Gasteiger partial charge < -0.3 is 10.6 Å². The molecule has 2 heterocycles. The van der Waals surface area contributed by atoms with Crippen LogP contribution in [0.3, 0.4) is 0 Å². The van der Waals surface area contributed by atoms with Crippen LogP contribution in [0.1, 0.15) is 37.7 Å². The van der Waals surface area contributed by atoms with Gasteiger partial charge in [-0.3, -0.25) is 4.79 Å². The number of carbonyl (C=O) groups is 1. The van der Waals surface area contributed by atoms with Crippen LogP contribution in [-0.2, 0) is 11.2 Å². The van der Waals surface area contributed by atoms with E-state index in [0.717, 1.165) is 18.4 Å². The molecule has 0 saturated carbocycles. The zero-order valence-corrected chi connectivity index (χ0v) is 12.8. The van der Waals surface area contributed by atoms with E-state index in [2.05, 4.69) is 10.6 Å². The van der Waals surface area contributed by atoms with Crippen molar-refractivity contribution in [1.29, 1.82) is 0 Å². The molecular formula is C16H22ClFN2O. The molecule has 2 bridgehead atoms. The molecule has 0 aromatic heterocycles. The molecule has 2 aliphatic rings. The van der Waals surface area contributed by atoms with Gasteiger partial charge >= 0.3 is 0 Å². The SMILES string of the molecule is Cl.O=C(CCc1ccc(F)cc1)NC1CC2CCC(C1)N2. The smallest absolute Gasteiger partial charge is 0.220 e. The highest BCUT2D eigenvalue weighted by molar-refractivity contribution is 5.85. The maximum atomic E-state index is 12.8. The monoisotopic (exact) mass is 312 g/mol. The molecule has 0 aliphatic carbocycles. The molecular weight excluding hydrogens is 291 g/mol. The third kappa shape index (κ3) is 4.42. The van der Waals surface area contributed by atoms with Crippen LogP contribution in [0.5, 0.6) is 0 Å². The first kappa shape index (κ1) is 16.2. The Labute approximate surface area is 131 Å². The fourth-order valence-corrected chi connectivity index (χ4v) is 3.38. The summed E-state index contributed by atoms with van der Waals surface area (Å²) < 4.78 is 12.8. The number of hydrogen-bond donors (Lipinski definition) is 2. The highest BCUT2D eigenvalue weighted by atomic mass is 35.5. The molecule has 1 amide bonds. The molecule has 2 atom stereocenters. The maximum Gasteiger partial charge on any atom is 0.220 e. The van der Waals surface area contributed by atoms with Crippen molar-refractivity contribution >= 4 is 18.3 Å². The molecule has 2 unspecified atom stereocenters. The Morgan fingerprint density at radius 1 is 1.19 bits per heavy atom. The lowest BCUT2D eigenvalue weighted by molar-refractivity contribution is -0.122. The van der Waals surface area contributed by atoms with Gasteiger partial charge in [0.2, 0.25) is 5.91 Å². The Kier molecular flexibility index (Phi) is 5.59. The van der Waals surface area contributed by atoms with Gasteiger partial charge in [-0.25, -0.2) is 4.39 Å². The summed E-state index contributed by atoms with van der Waals surface area (Å²) >= 11 is 0. The minimum Gasteiger partial charge on any atom is -0.353 e. The lowest BCUT2D eigenvalue weighted by atomic mass is 9.99. The van der Waals surface area contributed by atoms with Gasteiger partial charge in [0.05, 0.1) is 0 Å². The number of aryl methyl sites for hydroxylation is 1. The molecule has 0 radical (unpaired) electrons. The third-order valence-electron chi connectivity index (χ3n) is 4.39. The molecule has 1 aromatic rings. The second-order valence-electron chi connectivity index (χ2n) is 6.00. The second-order valence-corrected chi connectivity index (χ2v) is 6.00. The van der Waals surface area contributed by atoms with E-state index < -0.39 is 0 Å². The summed E-state index contributed by atoms with van der Waals surface area (Å²) in [4.78, 5) is 12.0. The van der Waals surface area contributed by atoms with Crippen LogP contribution in [0, 0.1) is 5.82 Å². The van der Waals surface area contributed by atoms with E-state index in [1.807, 2.05) is 0 Å². The number of halogens is 2. The first-order valence-electron chi connectivity index (χ1n) is 7.49. The van der Waals surface area contributed by atoms with E-state index >= 15 is 0 Å². The van der Waals surface area contributed by atoms with Crippen molar-refractivity contribution in [3.05, 3.63) is 35.6 Å². The molecule has 2 saturated heterocycles. The van der Waals surface area contributed by atoms with Crippen molar-refractivity contribution in [2.75, 3.05) is 0 Å². The molecule has 1 aromatic carbocycles. The van der Waals surface area contributed by atoms with Gasteiger partial charge in [-0.15, -0.1) is 12.4 Å². The van der Waals surface area contributed by atoms with Gasteiger partial charge in [0.25, 0.3) is 0 Å². The van der Waals surface area contributed by atoms with E-state index in [4.69, 9.17) is 0 Å². The number of amides is 1. The quantitative estimate of drug-likeness (QED) is 0.897. The van der Waals surface area contributed by atoms with Crippen LogP contribution in [-0.4, -0.2) is 24.0 Å². The van der Waals surface area contributed by atoms with Crippen molar-refractivity contribution in [2.24, 2.45) is 0 Å². The van der Waals surface area contributed by atoms with Crippen molar-refractivity contribution in [3.63, 3.8) is 0 Å². The lowest BCUT2D eigenvalue weighted by Gasteiger charge is -2.29. The molecule has 2 aliphatic heterocycles. The molecule has 21 heavy (non-hydrogen) atoms. The van der Waals surface area contributed by atoms with Crippen LogP contribution in [0.4, 0.5) is 4.39 Å². The van der Waals surface area contributed by atoms with Gasteiger partial charge in [-0.05, 0) is 49.8 Å². The number of benzene rings is 1. The van der Waals surface area contributed by atoms with E-state index in [-0.39, 0.29) is 24.1 Å². The zero-order chi connectivity index (χ0) is 13.9. The Bertz CT molecular complexity index is 468. The van der Waals surface area contributed by atoms with Gasteiger partial charge in [-0.1, -0.05) is 12.1 Å². The van der Waals surface area contributed by atoms with Crippen LogP contribution < -0.4 is 10.6 Å². The lowest BCUT2D eigenvalue weighted by Crippen LogP contribution is -2.48. The largest absolute Gasteiger partial charge is 0.353 e. The predicted octanol–water partition coefficient (Wildman–Crippen LogP) is 2.58. The Morgan fingerprint density at radius 3 is 2.43 bits per heavy atom. The fraction of sp³-hybridized carbons (Fsp3) is 0.562. The molecule has 116 valence electrons. The van der Waals surface area contributed by atoms with Crippen molar-refractivity contribution in [3.8, 4) is 0 Å². The van der Waals surface area contributed by atoms with Crippen LogP contribution >= 0.6 is 12.4 Å². The van der Waals surface area contributed by atoms with Crippen LogP contribution in [0.2, 0.25) is 0 Å². The number of piperidine rings is 1. The number of nitrogens with one attached hydrogen (secondary N) is 2. The molecule has 2 fully saturated rings. The first-order valence-corrected chi connectivity index (χ1v) is 7.49. The summed E-state index contributed by atoms with van der Waals surface area (Å²) in [5, 5.41) is 6.72. The molecule has 5 heteroatoms. The minimum absolute atomic E-state index is 0. The standard InChI is InChI=1S/C16H21FN2O.ClH/c17-12-4-1-11(2-5-12)3-8-16(20)19-15-9-13-6-7-14(10-15)18-13;/h1-2,4-5,13-15,18H,3,6-10H2,(H,19,20);1H. The highest BCUT2D eigenvalue weighted by Gasteiger charge is 2.33. The predicted molar refractivity (Wildman–Crippen MR) is 83.1 cm³/mol. The summed E-state index contributed by atoms with van der Waals surface area (Å²) in [5.74, 6) is -0.121. The fourth-order valence-electron chi connectivity index (χ4n) is 3.38. The van der Waals surface area contributed by atoms with E-state index in [1.165, 1.54) is 25.0 Å². The Hall–Kier alpha value is -1.13. The first-order chi connectivity index (χ1) is 9.69. The van der Waals surface area contributed by atoms with Gasteiger partial charge in [0.1, 0.15) is 5.82 Å². The van der Waals surface area contributed by atoms with Crippen molar-refractivity contribution < 1.29 is 9.18 Å². The number of fused-ring (bicyclic) bond motifs is 2. The topological polar surface area (TPSA) is 41.1 Å². The number of rotatable bonds is 4. The van der Waals surface area contributed by atoms with E-state index in [9.17, 15) is 9.18 Å². The van der Waals surface area contributed by atoms with Gasteiger partial charge in [0.15, 0.2) is 0 Å². The van der Waals surface area contributed by atoms with Crippen LogP contribution in [0.15, 0.2) is 24.3 Å². The van der Waals surface area contributed by atoms with Crippen molar-refractivity contribution in [1.82, 2.24) is 10.6 Å². The Balaban J connectivity index is 0.00000161. The molecule has 0 spiro atoms. The molecule has 2 N–H and O–H groups in total.